The molecule has 0 saturated carbocycles. The van der Waals surface area contributed by atoms with Gasteiger partial charge in [-0.25, -0.2) is 13.1 Å². The molecule has 110 valence electrons. The van der Waals surface area contributed by atoms with Gasteiger partial charge in [-0.15, -0.1) is 0 Å². The van der Waals surface area contributed by atoms with Gasteiger partial charge < -0.3 is 10.4 Å². The summed E-state index contributed by atoms with van der Waals surface area (Å²) in [5.74, 6) is -2.36. The van der Waals surface area contributed by atoms with E-state index in [1.54, 1.807) is 7.05 Å². The summed E-state index contributed by atoms with van der Waals surface area (Å²) in [7, 11) is -2.21. The first-order valence-corrected chi connectivity index (χ1v) is 7.62. The quantitative estimate of drug-likeness (QED) is 0.532. The molecule has 1 amide bonds. The van der Waals surface area contributed by atoms with Crippen LogP contribution in [0.25, 0.3) is 0 Å². The maximum atomic E-state index is 11.4. The van der Waals surface area contributed by atoms with Crippen LogP contribution in [0, 0.1) is 0 Å². The molecule has 0 spiro atoms. The Morgan fingerprint density at radius 2 is 1.89 bits per heavy atom. The van der Waals surface area contributed by atoms with Gasteiger partial charge in [0.05, 0.1) is 6.54 Å². The van der Waals surface area contributed by atoms with Crippen LogP contribution in [-0.2, 0) is 19.6 Å². The highest BCUT2D eigenvalue weighted by Crippen LogP contribution is 2.11. The molecule has 0 bridgehead atoms. The smallest absolute Gasteiger partial charge is 0.320 e. The number of sulfonamides is 1. The summed E-state index contributed by atoms with van der Waals surface area (Å²) in [4.78, 5) is 23.5. The Bertz CT molecular complexity index is 428. The number of aliphatic carboxylic acids is 1. The zero-order chi connectivity index (χ0) is 14.5. The van der Waals surface area contributed by atoms with Crippen molar-refractivity contribution in [3.8, 4) is 0 Å². The van der Waals surface area contributed by atoms with E-state index in [1.165, 1.54) is 0 Å². The van der Waals surface area contributed by atoms with Crippen LogP contribution < -0.4 is 10.0 Å². The molecule has 1 heterocycles. The zero-order valence-corrected chi connectivity index (χ0v) is 11.6. The molecule has 1 saturated heterocycles. The average molecular weight is 293 g/mol. The lowest BCUT2D eigenvalue weighted by molar-refractivity contribution is -0.134. The highest BCUT2D eigenvalue weighted by molar-refractivity contribution is 7.90. The van der Waals surface area contributed by atoms with E-state index in [0.717, 1.165) is 0 Å². The first kappa shape index (κ1) is 15.9. The second-order valence-corrected chi connectivity index (χ2v) is 6.25. The Kier molecular flexibility index (Phi) is 5.70. The summed E-state index contributed by atoms with van der Waals surface area (Å²) in [6.07, 6.45) is 1.13. The van der Waals surface area contributed by atoms with Crippen LogP contribution in [-0.4, -0.2) is 68.8 Å². The lowest BCUT2D eigenvalue weighted by Crippen LogP contribution is -2.47. The molecular weight excluding hydrogens is 274 g/mol. The maximum Gasteiger partial charge on any atom is 0.320 e. The maximum absolute atomic E-state index is 11.4. The van der Waals surface area contributed by atoms with Crippen LogP contribution in [0.1, 0.15) is 12.8 Å². The number of carboxylic acids is 1. The van der Waals surface area contributed by atoms with Gasteiger partial charge in [-0.3, -0.25) is 14.5 Å². The fraction of sp³-hybridized carbons (Fsp3) is 0.800. The molecule has 8 nitrogen and oxygen atoms in total. The molecule has 9 heteroatoms. The van der Waals surface area contributed by atoms with E-state index >= 15 is 0 Å². The highest BCUT2D eigenvalue weighted by atomic mass is 32.2. The fourth-order valence-corrected chi connectivity index (χ4v) is 3.10. The number of piperidine rings is 1. The zero-order valence-electron chi connectivity index (χ0n) is 10.8. The number of carboxylic acid groups (broad SMARTS) is 1. The number of nitrogens with zero attached hydrogens (tertiary/aromatic N) is 1. The molecular formula is C10H19N3O5S. The van der Waals surface area contributed by atoms with Crippen molar-refractivity contribution in [2.45, 2.75) is 18.9 Å². The molecule has 3 N–H and O–H groups in total. The van der Waals surface area contributed by atoms with Gasteiger partial charge in [0.25, 0.3) is 0 Å². The second-order valence-electron chi connectivity index (χ2n) is 4.49. The van der Waals surface area contributed by atoms with Crippen molar-refractivity contribution >= 4 is 21.9 Å². The number of nitrogens with one attached hydrogen (secondary N) is 2. The minimum absolute atomic E-state index is 0.0788. The summed E-state index contributed by atoms with van der Waals surface area (Å²) in [6, 6.07) is -0.259. The number of rotatable bonds is 6. The van der Waals surface area contributed by atoms with Crippen molar-refractivity contribution in [2.75, 3.05) is 32.4 Å². The van der Waals surface area contributed by atoms with Crippen LogP contribution >= 0.6 is 0 Å². The molecule has 1 fully saturated rings. The monoisotopic (exact) mass is 293 g/mol. The van der Waals surface area contributed by atoms with Gasteiger partial charge in [-0.1, -0.05) is 0 Å². The molecule has 1 rings (SSSR count). The molecule has 1 aliphatic heterocycles. The predicted molar refractivity (Wildman–Crippen MR) is 68.1 cm³/mol. The van der Waals surface area contributed by atoms with Crippen LogP contribution in [0.2, 0.25) is 0 Å². The Hall–Kier alpha value is -1.19. The SMILES string of the molecule is CNC(=O)CN1CCC(NS(=O)(=O)CC(=O)O)CC1. The van der Waals surface area contributed by atoms with Gasteiger partial charge in [0.1, 0.15) is 0 Å². The van der Waals surface area contributed by atoms with Crippen molar-refractivity contribution in [2.24, 2.45) is 0 Å². The highest BCUT2D eigenvalue weighted by Gasteiger charge is 2.25. The Morgan fingerprint density at radius 1 is 1.32 bits per heavy atom. The summed E-state index contributed by atoms with van der Waals surface area (Å²) >= 11 is 0. The fourth-order valence-electron chi connectivity index (χ4n) is 1.95. The number of hydrogen-bond donors (Lipinski definition) is 3. The van der Waals surface area contributed by atoms with Crippen LogP contribution in [0.3, 0.4) is 0 Å². The number of likely N-dealkylation sites (tertiary alicyclic amines) is 1. The number of likely N-dealkylation sites (N-methyl/N-ethyl adjacent to an activating group) is 1. The number of carbonyl (C=O) groups excluding carboxylic acids is 1. The first-order chi connectivity index (χ1) is 8.82. The van der Waals surface area contributed by atoms with Crippen molar-refractivity contribution < 1.29 is 23.1 Å². The van der Waals surface area contributed by atoms with E-state index < -0.39 is 21.7 Å². The number of carbonyl (C=O) groups is 2. The van der Waals surface area contributed by atoms with Gasteiger partial charge in [0.2, 0.25) is 15.9 Å². The van der Waals surface area contributed by atoms with Gasteiger partial charge in [0.15, 0.2) is 5.75 Å². The van der Waals surface area contributed by atoms with E-state index in [1.807, 2.05) is 4.90 Å². The predicted octanol–water partition coefficient (Wildman–Crippen LogP) is -1.80. The lowest BCUT2D eigenvalue weighted by atomic mass is 10.1. The first-order valence-electron chi connectivity index (χ1n) is 5.97. The third-order valence-electron chi connectivity index (χ3n) is 2.89. The van der Waals surface area contributed by atoms with Crippen LogP contribution in [0.5, 0.6) is 0 Å². The van der Waals surface area contributed by atoms with Crippen molar-refractivity contribution in [3.05, 3.63) is 0 Å². The van der Waals surface area contributed by atoms with E-state index in [0.29, 0.717) is 32.5 Å². The number of hydrogen-bond acceptors (Lipinski definition) is 5. The van der Waals surface area contributed by atoms with Crippen LogP contribution in [0.4, 0.5) is 0 Å². The minimum atomic E-state index is -3.77. The normalized spacial score (nSPS) is 18.2. The summed E-state index contributed by atoms with van der Waals surface area (Å²) < 4.78 is 25.3. The van der Waals surface area contributed by atoms with Gasteiger partial charge in [-0.2, -0.15) is 0 Å². The summed E-state index contributed by atoms with van der Waals surface area (Å²) in [6.45, 7) is 1.51. The van der Waals surface area contributed by atoms with Gasteiger partial charge >= 0.3 is 5.97 Å². The average Bonchev–Trinajstić information content (AvgIpc) is 2.29. The minimum Gasteiger partial charge on any atom is -0.480 e. The lowest BCUT2D eigenvalue weighted by Gasteiger charge is -2.31. The standard InChI is InChI=1S/C10H19N3O5S/c1-11-9(14)6-13-4-2-8(3-5-13)12-19(17,18)7-10(15)16/h8,12H,2-7H2,1H3,(H,11,14)(H,15,16). The third-order valence-corrected chi connectivity index (χ3v) is 4.21. The summed E-state index contributed by atoms with van der Waals surface area (Å²) in [5, 5.41) is 11.0. The topological polar surface area (TPSA) is 116 Å². The Morgan fingerprint density at radius 3 is 2.37 bits per heavy atom. The molecule has 0 unspecified atom stereocenters. The van der Waals surface area contributed by atoms with Crippen molar-refractivity contribution in [1.82, 2.24) is 14.9 Å². The van der Waals surface area contributed by atoms with Crippen molar-refractivity contribution in [1.29, 1.82) is 0 Å². The molecule has 0 aromatic rings. The molecule has 0 aliphatic carbocycles. The van der Waals surface area contributed by atoms with E-state index in [4.69, 9.17) is 5.11 Å². The molecule has 0 atom stereocenters. The third kappa shape index (κ3) is 5.99. The largest absolute Gasteiger partial charge is 0.480 e. The molecule has 0 aromatic carbocycles. The second kappa shape index (κ2) is 6.83. The van der Waals surface area contributed by atoms with Crippen molar-refractivity contribution in [3.63, 3.8) is 0 Å². The number of amides is 1. The molecule has 0 radical (unpaired) electrons. The molecule has 19 heavy (non-hydrogen) atoms. The molecule has 0 aromatic heterocycles. The van der Waals surface area contributed by atoms with Gasteiger partial charge in [-0.05, 0) is 12.8 Å². The van der Waals surface area contributed by atoms with E-state index in [-0.39, 0.29) is 11.9 Å². The molecule has 1 aliphatic rings. The Balaban J connectivity index is 2.38. The van der Waals surface area contributed by atoms with Crippen LogP contribution in [0.15, 0.2) is 0 Å². The van der Waals surface area contributed by atoms with E-state index in [2.05, 4.69) is 10.0 Å². The summed E-state index contributed by atoms with van der Waals surface area (Å²) in [5.41, 5.74) is 0. The Labute approximate surface area is 112 Å². The van der Waals surface area contributed by atoms with E-state index in [9.17, 15) is 18.0 Å². The van der Waals surface area contributed by atoms with Gasteiger partial charge in [0, 0.05) is 26.2 Å².